The molecule has 0 bridgehead atoms. The van der Waals surface area contributed by atoms with Crippen LogP contribution in [-0.4, -0.2) is 40.4 Å². The fourth-order valence-electron chi connectivity index (χ4n) is 3.38. The highest BCUT2D eigenvalue weighted by molar-refractivity contribution is 7.89. The molecule has 2 aromatic carbocycles. The van der Waals surface area contributed by atoms with Gasteiger partial charge in [-0.2, -0.15) is 0 Å². The van der Waals surface area contributed by atoms with E-state index in [1.807, 2.05) is 0 Å². The minimum Gasteiger partial charge on any atom is -0.495 e. The van der Waals surface area contributed by atoms with Crippen molar-refractivity contribution < 1.29 is 22.7 Å². The van der Waals surface area contributed by atoms with Gasteiger partial charge in [0.1, 0.15) is 10.6 Å². The number of ether oxygens (including phenoxy) is 1. The van der Waals surface area contributed by atoms with Crippen molar-refractivity contribution >= 4 is 27.5 Å². The SMILES string of the molecule is CNS(=O)(=O)c1cc(C(=O)Nc2ccc(C(=O)NC3CCCC3)cc2)ccc1OC. The monoisotopic (exact) mass is 431 g/mol. The van der Waals surface area contributed by atoms with E-state index in [0.29, 0.717) is 11.3 Å². The van der Waals surface area contributed by atoms with E-state index in [1.165, 1.54) is 32.4 Å². The van der Waals surface area contributed by atoms with Crippen molar-refractivity contribution in [2.24, 2.45) is 0 Å². The summed E-state index contributed by atoms with van der Waals surface area (Å²) in [6, 6.07) is 10.9. The molecule has 0 saturated heterocycles. The van der Waals surface area contributed by atoms with Gasteiger partial charge in [-0.25, -0.2) is 13.1 Å². The van der Waals surface area contributed by atoms with Gasteiger partial charge < -0.3 is 15.4 Å². The van der Waals surface area contributed by atoms with E-state index in [-0.39, 0.29) is 28.2 Å². The molecule has 0 heterocycles. The number of rotatable bonds is 7. The zero-order valence-electron chi connectivity index (χ0n) is 16.9. The molecule has 1 aliphatic carbocycles. The van der Waals surface area contributed by atoms with E-state index in [2.05, 4.69) is 15.4 Å². The van der Waals surface area contributed by atoms with Crippen LogP contribution in [-0.2, 0) is 10.0 Å². The van der Waals surface area contributed by atoms with Gasteiger partial charge in [-0.1, -0.05) is 12.8 Å². The van der Waals surface area contributed by atoms with Crippen LogP contribution in [0.15, 0.2) is 47.4 Å². The van der Waals surface area contributed by atoms with Crippen LogP contribution in [0.3, 0.4) is 0 Å². The van der Waals surface area contributed by atoms with E-state index >= 15 is 0 Å². The number of hydrogen-bond acceptors (Lipinski definition) is 5. The molecule has 1 saturated carbocycles. The highest BCUT2D eigenvalue weighted by Gasteiger charge is 2.21. The normalized spacial score (nSPS) is 14.3. The maximum atomic E-state index is 12.6. The number of sulfonamides is 1. The topological polar surface area (TPSA) is 114 Å². The summed E-state index contributed by atoms with van der Waals surface area (Å²) >= 11 is 0. The van der Waals surface area contributed by atoms with Gasteiger partial charge in [-0.05, 0) is 62.4 Å². The molecule has 0 atom stereocenters. The van der Waals surface area contributed by atoms with E-state index in [1.54, 1.807) is 24.3 Å². The minimum atomic E-state index is -3.79. The number of nitrogens with one attached hydrogen (secondary N) is 3. The molecule has 0 aliphatic heterocycles. The lowest BCUT2D eigenvalue weighted by atomic mass is 10.1. The van der Waals surface area contributed by atoms with Gasteiger partial charge >= 0.3 is 0 Å². The van der Waals surface area contributed by atoms with Gasteiger partial charge in [-0.15, -0.1) is 0 Å². The van der Waals surface area contributed by atoms with Crippen LogP contribution in [0.4, 0.5) is 5.69 Å². The van der Waals surface area contributed by atoms with E-state index in [4.69, 9.17) is 4.74 Å². The number of carbonyl (C=O) groups excluding carboxylic acids is 2. The van der Waals surface area contributed by atoms with Crippen molar-refractivity contribution in [2.45, 2.75) is 36.6 Å². The smallest absolute Gasteiger partial charge is 0.255 e. The second-order valence-electron chi connectivity index (χ2n) is 7.06. The van der Waals surface area contributed by atoms with Crippen LogP contribution in [0, 0.1) is 0 Å². The molecule has 9 heteroatoms. The molecule has 3 N–H and O–H groups in total. The number of carbonyl (C=O) groups is 2. The van der Waals surface area contributed by atoms with Gasteiger partial charge in [0.25, 0.3) is 11.8 Å². The Morgan fingerprint density at radius 1 is 0.967 bits per heavy atom. The Kier molecular flexibility index (Phi) is 6.73. The van der Waals surface area contributed by atoms with Crippen LogP contribution in [0.1, 0.15) is 46.4 Å². The largest absolute Gasteiger partial charge is 0.495 e. The Hall–Kier alpha value is -2.91. The van der Waals surface area contributed by atoms with Crippen molar-refractivity contribution in [3.8, 4) is 5.75 Å². The van der Waals surface area contributed by atoms with Crippen molar-refractivity contribution in [3.63, 3.8) is 0 Å². The predicted molar refractivity (Wildman–Crippen MR) is 113 cm³/mol. The second-order valence-corrected chi connectivity index (χ2v) is 8.91. The Morgan fingerprint density at radius 2 is 1.60 bits per heavy atom. The fraction of sp³-hybridized carbons (Fsp3) is 0.333. The molecule has 160 valence electrons. The van der Waals surface area contributed by atoms with Crippen LogP contribution in [0.25, 0.3) is 0 Å². The number of benzene rings is 2. The maximum absolute atomic E-state index is 12.6. The maximum Gasteiger partial charge on any atom is 0.255 e. The van der Waals surface area contributed by atoms with Crippen LogP contribution >= 0.6 is 0 Å². The molecular weight excluding hydrogens is 406 g/mol. The van der Waals surface area contributed by atoms with E-state index in [0.717, 1.165) is 25.7 Å². The van der Waals surface area contributed by atoms with Crippen molar-refractivity contribution in [3.05, 3.63) is 53.6 Å². The summed E-state index contributed by atoms with van der Waals surface area (Å²) in [6.07, 6.45) is 4.29. The van der Waals surface area contributed by atoms with Gasteiger partial charge in [0.05, 0.1) is 7.11 Å². The highest BCUT2D eigenvalue weighted by atomic mass is 32.2. The molecule has 0 aromatic heterocycles. The third-order valence-electron chi connectivity index (χ3n) is 5.08. The minimum absolute atomic E-state index is 0.126. The van der Waals surface area contributed by atoms with Crippen LogP contribution in [0.2, 0.25) is 0 Å². The number of methoxy groups -OCH3 is 1. The fourth-order valence-corrected chi connectivity index (χ4v) is 4.30. The first-order chi connectivity index (χ1) is 14.3. The zero-order valence-corrected chi connectivity index (χ0v) is 17.7. The summed E-state index contributed by atoms with van der Waals surface area (Å²) in [5.74, 6) is -0.469. The first kappa shape index (κ1) is 21.8. The van der Waals surface area contributed by atoms with Gasteiger partial charge in [0.2, 0.25) is 10.0 Å². The molecule has 2 aromatic rings. The predicted octanol–water partition coefficient (Wildman–Crippen LogP) is 2.53. The molecular formula is C21H25N3O5S. The summed E-state index contributed by atoms with van der Waals surface area (Å²) in [5.41, 5.74) is 1.17. The summed E-state index contributed by atoms with van der Waals surface area (Å²) in [5, 5.41) is 5.72. The third kappa shape index (κ3) is 4.98. The lowest BCUT2D eigenvalue weighted by Crippen LogP contribution is -2.32. The summed E-state index contributed by atoms with van der Waals surface area (Å²) in [6.45, 7) is 0. The lowest BCUT2D eigenvalue weighted by molar-refractivity contribution is 0.0937. The van der Waals surface area contributed by atoms with Crippen LogP contribution in [0.5, 0.6) is 5.75 Å². The average molecular weight is 432 g/mol. The zero-order chi connectivity index (χ0) is 21.7. The Morgan fingerprint density at radius 3 is 2.20 bits per heavy atom. The number of amides is 2. The molecule has 0 unspecified atom stereocenters. The van der Waals surface area contributed by atoms with Crippen LogP contribution < -0.4 is 20.1 Å². The Labute approximate surface area is 176 Å². The Balaban J connectivity index is 1.71. The lowest BCUT2D eigenvalue weighted by Gasteiger charge is -2.13. The molecule has 8 nitrogen and oxygen atoms in total. The quantitative estimate of drug-likeness (QED) is 0.623. The second kappa shape index (κ2) is 9.27. The Bertz CT molecular complexity index is 1030. The van der Waals surface area contributed by atoms with Gasteiger partial charge in [0.15, 0.2) is 0 Å². The molecule has 2 amide bonds. The molecule has 0 radical (unpaired) electrons. The molecule has 1 fully saturated rings. The average Bonchev–Trinajstić information content (AvgIpc) is 3.26. The summed E-state index contributed by atoms with van der Waals surface area (Å²) in [7, 11) is -1.16. The van der Waals surface area contributed by atoms with Crippen molar-refractivity contribution in [2.75, 3.05) is 19.5 Å². The molecule has 1 aliphatic rings. The van der Waals surface area contributed by atoms with Crippen molar-refractivity contribution in [1.82, 2.24) is 10.0 Å². The highest BCUT2D eigenvalue weighted by Crippen LogP contribution is 2.25. The van der Waals surface area contributed by atoms with E-state index < -0.39 is 15.9 Å². The summed E-state index contributed by atoms with van der Waals surface area (Å²) in [4.78, 5) is 24.8. The van der Waals surface area contributed by atoms with Gasteiger partial charge in [0, 0.05) is 22.9 Å². The number of hydrogen-bond donors (Lipinski definition) is 3. The molecule has 30 heavy (non-hydrogen) atoms. The molecule has 3 rings (SSSR count). The third-order valence-corrected chi connectivity index (χ3v) is 6.51. The van der Waals surface area contributed by atoms with Gasteiger partial charge in [-0.3, -0.25) is 9.59 Å². The standard InChI is InChI=1S/C21H25N3O5S/c1-22-30(27,28)19-13-15(9-12-18(19)29-2)21(26)24-17-10-7-14(8-11-17)20(25)23-16-5-3-4-6-16/h7-13,16,22H,3-6H2,1-2H3,(H,23,25)(H,24,26). The van der Waals surface area contributed by atoms with E-state index in [9.17, 15) is 18.0 Å². The first-order valence-corrected chi connectivity index (χ1v) is 11.2. The number of anilines is 1. The van der Waals surface area contributed by atoms with Crippen molar-refractivity contribution in [1.29, 1.82) is 0 Å². The first-order valence-electron chi connectivity index (χ1n) is 9.68. The molecule has 0 spiro atoms. The summed E-state index contributed by atoms with van der Waals surface area (Å²) < 4.78 is 31.7.